The van der Waals surface area contributed by atoms with Gasteiger partial charge in [0.25, 0.3) is 0 Å². The second-order valence-electron chi connectivity index (χ2n) is 9.83. The molecule has 7 heteroatoms. The molecule has 0 amide bonds. The number of nitrogens with zero attached hydrogens (tertiary/aromatic N) is 5. The van der Waals surface area contributed by atoms with Gasteiger partial charge in [-0.05, 0) is 55.9 Å². The Labute approximate surface area is 201 Å². The number of carbonyl (C=O) groups is 1. The second kappa shape index (κ2) is 10.3. The van der Waals surface area contributed by atoms with Gasteiger partial charge in [-0.1, -0.05) is 18.6 Å². The maximum Gasteiger partial charge on any atom is 0.152 e. The molecular weight excluding hydrogens is 426 g/mol. The van der Waals surface area contributed by atoms with E-state index in [9.17, 15) is 4.79 Å². The van der Waals surface area contributed by atoms with E-state index in [4.69, 9.17) is 4.74 Å². The van der Waals surface area contributed by atoms with Crippen molar-refractivity contribution in [2.45, 2.75) is 45.3 Å². The summed E-state index contributed by atoms with van der Waals surface area (Å²) in [4.78, 5) is 22.0. The molecule has 0 bridgehead atoms. The van der Waals surface area contributed by atoms with Gasteiger partial charge in [0, 0.05) is 49.5 Å². The number of piperidine rings is 1. The number of benzene rings is 1. The molecule has 5 rings (SSSR count). The van der Waals surface area contributed by atoms with E-state index in [1.807, 2.05) is 24.1 Å². The van der Waals surface area contributed by atoms with Crippen LogP contribution in [0.3, 0.4) is 0 Å². The van der Waals surface area contributed by atoms with Gasteiger partial charge in [-0.2, -0.15) is 5.10 Å². The van der Waals surface area contributed by atoms with E-state index in [-0.39, 0.29) is 11.9 Å². The van der Waals surface area contributed by atoms with E-state index in [0.717, 1.165) is 49.2 Å². The predicted octanol–water partition coefficient (Wildman–Crippen LogP) is 3.45. The number of hydrogen-bond donors (Lipinski definition) is 0. The Bertz CT molecular complexity index is 1150. The van der Waals surface area contributed by atoms with Crippen molar-refractivity contribution in [1.82, 2.24) is 24.6 Å². The highest BCUT2D eigenvalue weighted by Gasteiger charge is 2.20. The summed E-state index contributed by atoms with van der Waals surface area (Å²) in [6.45, 7) is 8.09. The largest absolute Gasteiger partial charge is 0.376 e. The molecule has 0 N–H and O–H groups in total. The van der Waals surface area contributed by atoms with Crippen LogP contribution in [0.2, 0.25) is 0 Å². The zero-order valence-corrected chi connectivity index (χ0v) is 20.4. The first-order chi connectivity index (χ1) is 16.5. The van der Waals surface area contributed by atoms with Crippen molar-refractivity contribution in [2.75, 3.05) is 39.3 Å². The van der Waals surface area contributed by atoms with Crippen LogP contribution in [0.4, 0.5) is 0 Å². The van der Waals surface area contributed by atoms with Gasteiger partial charge in [0.1, 0.15) is 0 Å². The van der Waals surface area contributed by atoms with Gasteiger partial charge in [-0.15, -0.1) is 0 Å². The maximum absolute atomic E-state index is 12.7. The van der Waals surface area contributed by atoms with E-state index >= 15 is 0 Å². The van der Waals surface area contributed by atoms with Crippen molar-refractivity contribution in [3.63, 3.8) is 0 Å². The van der Waals surface area contributed by atoms with Crippen LogP contribution in [0.5, 0.6) is 0 Å². The number of fused-ring (bicyclic) bond motifs is 1. The van der Waals surface area contributed by atoms with Crippen LogP contribution >= 0.6 is 0 Å². The minimum atomic E-state index is 0.186. The third-order valence-electron chi connectivity index (χ3n) is 7.08. The molecule has 7 nitrogen and oxygen atoms in total. The number of pyridine rings is 1. The molecule has 2 fully saturated rings. The minimum absolute atomic E-state index is 0.186. The quantitative estimate of drug-likeness (QED) is 0.537. The van der Waals surface area contributed by atoms with Crippen molar-refractivity contribution in [2.24, 2.45) is 7.05 Å². The molecule has 2 saturated heterocycles. The Morgan fingerprint density at radius 3 is 2.74 bits per heavy atom. The monoisotopic (exact) mass is 461 g/mol. The molecule has 1 aromatic carbocycles. The molecule has 4 heterocycles. The fraction of sp³-hybridized carbons (Fsp3) is 0.519. The number of likely N-dealkylation sites (tertiary alicyclic amines) is 1. The first kappa shape index (κ1) is 23.1. The molecule has 0 radical (unpaired) electrons. The van der Waals surface area contributed by atoms with Crippen molar-refractivity contribution < 1.29 is 9.53 Å². The average Bonchev–Trinajstić information content (AvgIpc) is 3.19. The van der Waals surface area contributed by atoms with Gasteiger partial charge in [0.05, 0.1) is 37.6 Å². The number of hydrogen-bond acceptors (Lipinski definition) is 6. The van der Waals surface area contributed by atoms with E-state index < -0.39 is 0 Å². The fourth-order valence-corrected chi connectivity index (χ4v) is 5.21. The number of aromatic nitrogens is 3. The van der Waals surface area contributed by atoms with E-state index in [1.54, 1.807) is 0 Å². The smallest absolute Gasteiger partial charge is 0.152 e. The third-order valence-corrected chi connectivity index (χ3v) is 7.08. The van der Waals surface area contributed by atoms with E-state index in [0.29, 0.717) is 19.6 Å². The Morgan fingerprint density at radius 1 is 1.06 bits per heavy atom. The van der Waals surface area contributed by atoms with Crippen LogP contribution < -0.4 is 0 Å². The summed E-state index contributed by atoms with van der Waals surface area (Å²) in [5.41, 5.74) is 4.44. The summed E-state index contributed by atoms with van der Waals surface area (Å²) in [6, 6.07) is 8.56. The highest BCUT2D eigenvalue weighted by molar-refractivity contribution is 5.89. The van der Waals surface area contributed by atoms with Crippen LogP contribution in [0, 0.1) is 0 Å². The summed E-state index contributed by atoms with van der Waals surface area (Å²) >= 11 is 0. The maximum atomic E-state index is 12.7. The molecule has 2 aliphatic rings. The zero-order valence-electron chi connectivity index (χ0n) is 20.4. The van der Waals surface area contributed by atoms with E-state index in [2.05, 4.69) is 51.1 Å². The lowest BCUT2D eigenvalue weighted by atomic mass is 10.0. The molecule has 1 atom stereocenters. The van der Waals surface area contributed by atoms with Crippen LogP contribution in [0.15, 0.2) is 36.7 Å². The SMILES string of the molecule is C[C@H]1CN(CC(=O)Cc2cc3cc(-c4cnn(C)c4CN4CCCCC4)ccc3cn2)CCO1. The summed E-state index contributed by atoms with van der Waals surface area (Å²) in [5.74, 6) is 0.202. The van der Waals surface area contributed by atoms with Crippen LogP contribution in [0.25, 0.3) is 21.9 Å². The number of morpholine rings is 1. The highest BCUT2D eigenvalue weighted by atomic mass is 16.5. The second-order valence-corrected chi connectivity index (χ2v) is 9.83. The van der Waals surface area contributed by atoms with Crippen LogP contribution in [-0.2, 0) is 29.5 Å². The molecule has 0 unspecified atom stereocenters. The van der Waals surface area contributed by atoms with Crippen molar-refractivity contribution >= 4 is 16.6 Å². The number of ketones is 1. The molecule has 0 saturated carbocycles. The molecule has 34 heavy (non-hydrogen) atoms. The molecule has 180 valence electrons. The molecule has 0 spiro atoms. The van der Waals surface area contributed by atoms with Crippen molar-refractivity contribution in [1.29, 1.82) is 0 Å². The molecular formula is C27H35N5O2. The molecule has 0 aliphatic carbocycles. The average molecular weight is 462 g/mol. The highest BCUT2D eigenvalue weighted by Crippen LogP contribution is 2.28. The number of ether oxygens (including phenoxy) is 1. The van der Waals surface area contributed by atoms with Gasteiger partial charge < -0.3 is 4.74 Å². The van der Waals surface area contributed by atoms with Crippen molar-refractivity contribution in [3.8, 4) is 11.1 Å². The van der Waals surface area contributed by atoms with Crippen LogP contribution in [0.1, 0.15) is 37.6 Å². The predicted molar refractivity (Wildman–Crippen MR) is 134 cm³/mol. The lowest BCUT2D eigenvalue weighted by Crippen LogP contribution is -2.43. The third kappa shape index (κ3) is 5.37. The van der Waals surface area contributed by atoms with Gasteiger partial charge >= 0.3 is 0 Å². The fourth-order valence-electron chi connectivity index (χ4n) is 5.21. The lowest BCUT2D eigenvalue weighted by Gasteiger charge is -2.30. The number of carbonyl (C=O) groups excluding carboxylic acids is 1. The van der Waals surface area contributed by atoms with E-state index in [1.165, 1.54) is 36.1 Å². The van der Waals surface area contributed by atoms with Gasteiger partial charge in [0.15, 0.2) is 5.78 Å². The minimum Gasteiger partial charge on any atom is -0.376 e. The zero-order chi connectivity index (χ0) is 23.5. The molecule has 2 aromatic heterocycles. The Kier molecular flexibility index (Phi) is 7.04. The Balaban J connectivity index is 1.33. The topological polar surface area (TPSA) is 63.5 Å². The number of rotatable bonds is 7. The Hall–Kier alpha value is -2.61. The molecule has 2 aliphatic heterocycles. The van der Waals surface area contributed by atoms with Gasteiger partial charge in [0.2, 0.25) is 0 Å². The van der Waals surface area contributed by atoms with Crippen molar-refractivity contribution in [3.05, 3.63) is 48.0 Å². The summed E-state index contributed by atoms with van der Waals surface area (Å²) < 4.78 is 7.59. The lowest BCUT2D eigenvalue weighted by molar-refractivity contribution is -0.121. The van der Waals surface area contributed by atoms with Crippen LogP contribution in [-0.4, -0.2) is 75.8 Å². The first-order valence-corrected chi connectivity index (χ1v) is 12.5. The standard InChI is InChI=1S/C27H35N5O2/c1-20-17-32(10-11-34-20)18-25(33)14-24-13-23-12-21(6-7-22(23)15-28-24)26-16-29-30(2)27(26)19-31-8-4-3-5-9-31/h6-7,12-13,15-16,20H,3-5,8-11,14,17-19H2,1-2H3/t20-/m0/s1. The summed E-state index contributed by atoms with van der Waals surface area (Å²) in [5, 5.41) is 6.78. The molecule has 3 aromatic rings. The normalized spacial score (nSPS) is 20.1. The summed E-state index contributed by atoms with van der Waals surface area (Å²) in [6.07, 6.45) is 8.31. The van der Waals surface area contributed by atoms with Gasteiger partial charge in [-0.3, -0.25) is 24.3 Å². The first-order valence-electron chi connectivity index (χ1n) is 12.5. The number of Topliss-reactive ketones (excluding diaryl/α,β-unsaturated/α-hetero) is 1. The number of aryl methyl sites for hydroxylation is 1. The Morgan fingerprint density at radius 2 is 1.91 bits per heavy atom. The van der Waals surface area contributed by atoms with Gasteiger partial charge in [-0.25, -0.2) is 0 Å². The summed E-state index contributed by atoms with van der Waals surface area (Å²) in [7, 11) is 2.03.